The molecule has 1 aromatic rings. The maximum absolute atomic E-state index is 11.2. The molecular weight excluding hydrogens is 254 g/mol. The molecule has 0 radical (unpaired) electrons. The van der Waals surface area contributed by atoms with E-state index in [0.29, 0.717) is 10.6 Å². The van der Waals surface area contributed by atoms with E-state index in [1.54, 1.807) is 0 Å². The first kappa shape index (κ1) is 12.6. The van der Waals surface area contributed by atoms with E-state index in [4.69, 9.17) is 11.5 Å². The highest BCUT2D eigenvalue weighted by molar-refractivity contribution is 8.00. The Morgan fingerprint density at radius 1 is 1.53 bits per heavy atom. The fourth-order valence-corrected chi connectivity index (χ4v) is 4.01. The fraction of sp³-hybridized carbons (Fsp3) is 0.545. The normalized spacial score (nSPS) is 19.3. The molecule has 1 aromatic heterocycles. The van der Waals surface area contributed by atoms with Gasteiger partial charge >= 0.3 is 0 Å². The maximum Gasteiger partial charge on any atom is 0.260 e. The van der Waals surface area contributed by atoms with Crippen molar-refractivity contribution in [3.63, 3.8) is 0 Å². The first-order chi connectivity index (χ1) is 7.89. The summed E-state index contributed by atoms with van der Waals surface area (Å²) in [4.78, 5) is 13.9. The number of nitrogen functional groups attached to an aromatic ring is 1. The van der Waals surface area contributed by atoms with Crippen LogP contribution in [0.4, 0.5) is 10.7 Å². The average Bonchev–Trinajstić information content (AvgIpc) is 2.59. The fourth-order valence-electron chi connectivity index (χ4n) is 1.94. The predicted octanol–water partition coefficient (Wildman–Crippen LogP) is 1.76. The number of carbonyl (C=O) groups excluding carboxylic acids is 1. The minimum absolute atomic E-state index is 0.240. The highest BCUT2D eigenvalue weighted by Crippen LogP contribution is 2.37. The lowest BCUT2D eigenvalue weighted by Crippen LogP contribution is -2.42. The SMILES string of the molecule is CC1(C)CN(c2cc(N)c(C(N)=O)s2)CCS1. The van der Waals surface area contributed by atoms with Crippen LogP contribution in [-0.4, -0.2) is 29.5 Å². The van der Waals surface area contributed by atoms with Crippen molar-refractivity contribution in [2.45, 2.75) is 18.6 Å². The van der Waals surface area contributed by atoms with Gasteiger partial charge in [-0.05, 0) is 19.9 Å². The number of carbonyl (C=O) groups is 1. The van der Waals surface area contributed by atoms with Gasteiger partial charge in [0.05, 0.1) is 10.7 Å². The molecule has 1 aliphatic rings. The van der Waals surface area contributed by atoms with Gasteiger partial charge in [0.1, 0.15) is 4.88 Å². The van der Waals surface area contributed by atoms with Gasteiger partial charge in [-0.2, -0.15) is 11.8 Å². The number of primary amides is 1. The second-order valence-corrected chi connectivity index (χ2v) is 7.60. The summed E-state index contributed by atoms with van der Waals surface area (Å²) in [7, 11) is 0. The molecule has 0 aliphatic carbocycles. The van der Waals surface area contributed by atoms with Gasteiger partial charge in [-0.25, -0.2) is 0 Å². The van der Waals surface area contributed by atoms with E-state index in [1.807, 2.05) is 17.8 Å². The lowest BCUT2D eigenvalue weighted by molar-refractivity contribution is 0.100. The summed E-state index contributed by atoms with van der Waals surface area (Å²) in [5.41, 5.74) is 11.6. The Hall–Kier alpha value is -0.880. The van der Waals surface area contributed by atoms with Crippen molar-refractivity contribution >= 4 is 39.7 Å². The van der Waals surface area contributed by atoms with E-state index < -0.39 is 5.91 Å². The Kier molecular flexibility index (Phi) is 3.27. The number of anilines is 2. The lowest BCUT2D eigenvalue weighted by Gasteiger charge is -2.38. The van der Waals surface area contributed by atoms with Crippen LogP contribution in [-0.2, 0) is 0 Å². The third kappa shape index (κ3) is 2.69. The zero-order valence-corrected chi connectivity index (χ0v) is 11.7. The largest absolute Gasteiger partial charge is 0.397 e. The summed E-state index contributed by atoms with van der Waals surface area (Å²) in [6.45, 7) is 6.42. The van der Waals surface area contributed by atoms with E-state index in [9.17, 15) is 4.79 Å². The Bertz CT molecular complexity index is 442. The molecular formula is C11H17N3OS2. The number of hydrogen-bond donors (Lipinski definition) is 2. The van der Waals surface area contributed by atoms with Gasteiger partial charge in [0.2, 0.25) is 0 Å². The van der Waals surface area contributed by atoms with Crippen LogP contribution in [0.5, 0.6) is 0 Å². The molecule has 1 aliphatic heterocycles. The van der Waals surface area contributed by atoms with Crippen LogP contribution in [0, 0.1) is 0 Å². The lowest BCUT2D eigenvalue weighted by atomic mass is 10.2. The zero-order chi connectivity index (χ0) is 12.6. The molecule has 17 heavy (non-hydrogen) atoms. The second kappa shape index (κ2) is 4.42. The molecule has 1 fully saturated rings. The van der Waals surface area contributed by atoms with Gasteiger partial charge in [0.15, 0.2) is 0 Å². The van der Waals surface area contributed by atoms with E-state index in [2.05, 4.69) is 18.7 Å². The quantitative estimate of drug-likeness (QED) is 0.859. The number of thioether (sulfide) groups is 1. The van der Waals surface area contributed by atoms with Gasteiger partial charge < -0.3 is 16.4 Å². The van der Waals surface area contributed by atoms with E-state index in [1.165, 1.54) is 11.3 Å². The maximum atomic E-state index is 11.2. The molecule has 0 atom stereocenters. The van der Waals surface area contributed by atoms with Crippen LogP contribution in [0.2, 0.25) is 0 Å². The summed E-state index contributed by atoms with van der Waals surface area (Å²) >= 11 is 3.37. The molecule has 2 rings (SSSR count). The van der Waals surface area contributed by atoms with Crippen LogP contribution in [0.15, 0.2) is 6.07 Å². The van der Waals surface area contributed by atoms with Gasteiger partial charge in [-0.3, -0.25) is 4.79 Å². The molecule has 6 heteroatoms. The monoisotopic (exact) mass is 271 g/mol. The van der Waals surface area contributed by atoms with Crippen molar-refractivity contribution in [1.29, 1.82) is 0 Å². The molecule has 1 saturated heterocycles. The van der Waals surface area contributed by atoms with Crippen LogP contribution in [0.1, 0.15) is 23.5 Å². The van der Waals surface area contributed by atoms with Gasteiger partial charge in [-0.15, -0.1) is 11.3 Å². The minimum Gasteiger partial charge on any atom is -0.397 e. The number of hydrogen-bond acceptors (Lipinski definition) is 5. The second-order valence-electron chi connectivity index (χ2n) is 4.76. The number of amides is 1. The summed E-state index contributed by atoms with van der Waals surface area (Å²) in [5.74, 6) is 0.654. The predicted molar refractivity (Wildman–Crippen MR) is 76.0 cm³/mol. The molecule has 4 N–H and O–H groups in total. The average molecular weight is 271 g/mol. The van der Waals surface area contributed by atoms with Crippen LogP contribution in [0.25, 0.3) is 0 Å². The van der Waals surface area contributed by atoms with Gasteiger partial charge in [0, 0.05) is 23.6 Å². The van der Waals surface area contributed by atoms with Crippen molar-refractivity contribution < 1.29 is 4.79 Å². The first-order valence-corrected chi connectivity index (χ1v) is 7.27. The Morgan fingerprint density at radius 3 is 2.76 bits per heavy atom. The molecule has 0 bridgehead atoms. The van der Waals surface area contributed by atoms with E-state index >= 15 is 0 Å². The minimum atomic E-state index is -0.440. The van der Waals surface area contributed by atoms with E-state index in [0.717, 1.165) is 23.8 Å². The molecule has 0 unspecified atom stereocenters. The smallest absolute Gasteiger partial charge is 0.260 e. The summed E-state index contributed by atoms with van der Waals surface area (Å²) < 4.78 is 0.240. The Balaban J connectivity index is 2.22. The Labute approximate surface area is 109 Å². The van der Waals surface area contributed by atoms with Gasteiger partial charge in [0.25, 0.3) is 5.91 Å². The van der Waals surface area contributed by atoms with Crippen molar-refractivity contribution in [2.75, 3.05) is 29.5 Å². The standard InChI is InChI=1S/C11H17N3OS2/c1-11(2)6-14(3-4-16-11)8-5-7(12)9(17-8)10(13)15/h5H,3-4,6,12H2,1-2H3,(H2,13,15). The van der Waals surface area contributed by atoms with Crippen molar-refractivity contribution in [3.8, 4) is 0 Å². The Morgan fingerprint density at radius 2 is 2.24 bits per heavy atom. The van der Waals surface area contributed by atoms with Crippen molar-refractivity contribution in [3.05, 3.63) is 10.9 Å². The molecule has 94 valence electrons. The summed E-state index contributed by atoms with van der Waals surface area (Å²) in [6, 6.07) is 1.86. The number of nitrogens with two attached hydrogens (primary N) is 2. The summed E-state index contributed by atoms with van der Waals surface area (Å²) in [6.07, 6.45) is 0. The van der Waals surface area contributed by atoms with Crippen LogP contribution in [0.3, 0.4) is 0 Å². The van der Waals surface area contributed by atoms with Crippen molar-refractivity contribution in [1.82, 2.24) is 0 Å². The third-order valence-electron chi connectivity index (χ3n) is 2.71. The number of nitrogens with zero attached hydrogens (tertiary/aromatic N) is 1. The van der Waals surface area contributed by atoms with Crippen molar-refractivity contribution in [2.24, 2.45) is 5.73 Å². The molecule has 0 spiro atoms. The van der Waals surface area contributed by atoms with Crippen LogP contribution < -0.4 is 16.4 Å². The first-order valence-electron chi connectivity index (χ1n) is 5.47. The number of thiophene rings is 1. The molecule has 0 aromatic carbocycles. The highest BCUT2D eigenvalue weighted by Gasteiger charge is 2.28. The highest BCUT2D eigenvalue weighted by atomic mass is 32.2. The van der Waals surface area contributed by atoms with E-state index in [-0.39, 0.29) is 4.75 Å². The van der Waals surface area contributed by atoms with Crippen LogP contribution >= 0.6 is 23.1 Å². The molecule has 4 nitrogen and oxygen atoms in total. The molecule has 0 saturated carbocycles. The topological polar surface area (TPSA) is 72.3 Å². The summed E-state index contributed by atoms with van der Waals surface area (Å²) in [5, 5.41) is 1.05. The molecule has 2 heterocycles. The van der Waals surface area contributed by atoms with Gasteiger partial charge in [-0.1, -0.05) is 0 Å². The molecule has 1 amide bonds. The zero-order valence-electron chi connectivity index (χ0n) is 10.0. The third-order valence-corrected chi connectivity index (χ3v) is 5.23. The number of rotatable bonds is 2.